The van der Waals surface area contributed by atoms with Crippen molar-refractivity contribution in [3.63, 3.8) is 0 Å². The van der Waals surface area contributed by atoms with Gasteiger partial charge in [0.05, 0.1) is 13.0 Å². The number of rotatable bonds is 3. The monoisotopic (exact) mass is 314 g/mol. The van der Waals surface area contributed by atoms with Gasteiger partial charge in [0.25, 0.3) is 0 Å². The standard InChI is InChI=1S/C19H19FO3/c1-11(2)7-8-12-14(22-3)9-10-16-17(12)19(21)18-13(20)5-4-6-15(18)23-16/h4-7,9,12H,8,10H2,1-3H3. The maximum Gasteiger partial charge on any atom is 0.199 e. The van der Waals surface area contributed by atoms with Gasteiger partial charge in [0.15, 0.2) is 5.43 Å². The quantitative estimate of drug-likeness (QED) is 0.785. The molecule has 1 atom stereocenters. The normalized spacial score (nSPS) is 16.7. The molecular weight excluding hydrogens is 295 g/mol. The molecular formula is C19H19FO3. The van der Waals surface area contributed by atoms with Crippen molar-refractivity contribution < 1.29 is 13.5 Å². The molecule has 1 aliphatic carbocycles. The number of hydrogen-bond donors (Lipinski definition) is 0. The third-order valence-corrected chi connectivity index (χ3v) is 4.16. The van der Waals surface area contributed by atoms with Gasteiger partial charge in [-0.05, 0) is 38.5 Å². The van der Waals surface area contributed by atoms with Crippen LogP contribution in [0.2, 0.25) is 0 Å². The molecule has 1 heterocycles. The Kier molecular flexibility index (Phi) is 4.07. The van der Waals surface area contributed by atoms with E-state index in [2.05, 4.69) is 6.08 Å². The third kappa shape index (κ3) is 2.69. The van der Waals surface area contributed by atoms with Crippen molar-refractivity contribution >= 4 is 11.0 Å². The maximum atomic E-state index is 14.1. The van der Waals surface area contributed by atoms with Gasteiger partial charge in [-0.3, -0.25) is 4.79 Å². The Morgan fingerprint density at radius 1 is 1.43 bits per heavy atom. The molecule has 0 amide bonds. The van der Waals surface area contributed by atoms with E-state index >= 15 is 0 Å². The van der Waals surface area contributed by atoms with Gasteiger partial charge in [0.2, 0.25) is 0 Å². The summed E-state index contributed by atoms with van der Waals surface area (Å²) in [4.78, 5) is 12.9. The molecule has 0 radical (unpaired) electrons. The predicted octanol–water partition coefficient (Wildman–Crippen LogP) is 4.46. The molecule has 1 aromatic carbocycles. The summed E-state index contributed by atoms with van der Waals surface area (Å²) < 4.78 is 25.4. The minimum atomic E-state index is -0.548. The summed E-state index contributed by atoms with van der Waals surface area (Å²) in [6.45, 7) is 4.00. The highest BCUT2D eigenvalue weighted by molar-refractivity contribution is 5.78. The van der Waals surface area contributed by atoms with Crippen LogP contribution in [0.25, 0.3) is 11.0 Å². The molecule has 0 fully saturated rings. The lowest BCUT2D eigenvalue weighted by Gasteiger charge is -2.24. The lowest BCUT2D eigenvalue weighted by molar-refractivity contribution is 0.257. The molecule has 0 bridgehead atoms. The number of allylic oxidation sites excluding steroid dienone is 4. The first-order chi connectivity index (χ1) is 11.0. The molecule has 0 saturated heterocycles. The van der Waals surface area contributed by atoms with E-state index in [0.29, 0.717) is 29.7 Å². The van der Waals surface area contributed by atoms with Crippen molar-refractivity contribution in [2.75, 3.05) is 7.11 Å². The molecule has 3 rings (SSSR count). The van der Waals surface area contributed by atoms with Crippen LogP contribution < -0.4 is 5.43 Å². The second kappa shape index (κ2) is 6.03. The van der Waals surface area contributed by atoms with Crippen LogP contribution >= 0.6 is 0 Å². The molecule has 0 aliphatic heterocycles. The highest BCUT2D eigenvalue weighted by Gasteiger charge is 2.29. The molecule has 2 aromatic rings. The number of methoxy groups -OCH3 is 1. The molecule has 0 spiro atoms. The Morgan fingerprint density at radius 2 is 2.22 bits per heavy atom. The van der Waals surface area contributed by atoms with E-state index in [-0.39, 0.29) is 16.7 Å². The summed E-state index contributed by atoms with van der Waals surface area (Å²) in [5.74, 6) is 0.548. The van der Waals surface area contributed by atoms with E-state index < -0.39 is 5.82 Å². The number of halogens is 1. The average Bonchev–Trinajstić information content (AvgIpc) is 2.52. The van der Waals surface area contributed by atoms with Crippen LogP contribution in [0.1, 0.15) is 37.5 Å². The number of fused-ring (bicyclic) bond motifs is 2. The molecule has 23 heavy (non-hydrogen) atoms. The summed E-state index contributed by atoms with van der Waals surface area (Å²) in [7, 11) is 1.59. The van der Waals surface area contributed by atoms with Gasteiger partial charge >= 0.3 is 0 Å². The van der Waals surface area contributed by atoms with Crippen LogP contribution in [0.4, 0.5) is 4.39 Å². The van der Waals surface area contributed by atoms with Crippen LogP contribution in [-0.2, 0) is 11.2 Å². The summed E-state index contributed by atoms with van der Waals surface area (Å²) in [5, 5.41) is 0.0193. The van der Waals surface area contributed by atoms with Crippen molar-refractivity contribution in [1.82, 2.24) is 0 Å². The van der Waals surface area contributed by atoms with Crippen LogP contribution in [0, 0.1) is 5.82 Å². The second-order valence-electron chi connectivity index (χ2n) is 5.97. The summed E-state index contributed by atoms with van der Waals surface area (Å²) in [5.41, 5.74) is 1.67. The smallest absolute Gasteiger partial charge is 0.199 e. The molecule has 0 saturated carbocycles. The lowest BCUT2D eigenvalue weighted by Crippen LogP contribution is -2.22. The SMILES string of the molecule is COC1=CCc2oc3cccc(F)c3c(=O)c2C1CC=C(C)C. The molecule has 4 heteroatoms. The summed E-state index contributed by atoms with van der Waals surface area (Å²) >= 11 is 0. The Labute approximate surface area is 134 Å². The van der Waals surface area contributed by atoms with E-state index in [4.69, 9.17) is 9.15 Å². The van der Waals surface area contributed by atoms with E-state index in [1.807, 2.05) is 19.9 Å². The number of benzene rings is 1. The van der Waals surface area contributed by atoms with Crippen molar-refractivity contribution in [3.8, 4) is 0 Å². The first-order valence-corrected chi connectivity index (χ1v) is 7.64. The fraction of sp³-hybridized carbons (Fsp3) is 0.316. The molecule has 0 N–H and O–H groups in total. The summed E-state index contributed by atoms with van der Waals surface area (Å²) in [6, 6.07) is 4.46. The van der Waals surface area contributed by atoms with Gasteiger partial charge in [0, 0.05) is 12.0 Å². The molecule has 3 nitrogen and oxygen atoms in total. The zero-order chi connectivity index (χ0) is 16.6. The van der Waals surface area contributed by atoms with Crippen molar-refractivity contribution in [1.29, 1.82) is 0 Å². The fourth-order valence-electron chi connectivity index (χ4n) is 3.05. The predicted molar refractivity (Wildman–Crippen MR) is 88.0 cm³/mol. The summed E-state index contributed by atoms with van der Waals surface area (Å²) in [6.07, 6.45) is 5.09. The molecule has 1 aliphatic rings. The Hall–Kier alpha value is -2.36. The Balaban J connectivity index is 2.25. The maximum absolute atomic E-state index is 14.1. The minimum Gasteiger partial charge on any atom is -0.501 e. The second-order valence-corrected chi connectivity index (χ2v) is 5.97. The number of ether oxygens (including phenoxy) is 1. The zero-order valence-corrected chi connectivity index (χ0v) is 13.5. The third-order valence-electron chi connectivity index (χ3n) is 4.16. The van der Waals surface area contributed by atoms with Crippen LogP contribution in [0.5, 0.6) is 0 Å². The van der Waals surface area contributed by atoms with Crippen LogP contribution in [0.3, 0.4) is 0 Å². The van der Waals surface area contributed by atoms with E-state index in [1.54, 1.807) is 19.2 Å². The van der Waals surface area contributed by atoms with Gasteiger partial charge in [0.1, 0.15) is 28.3 Å². The van der Waals surface area contributed by atoms with Crippen molar-refractivity contribution in [2.24, 2.45) is 0 Å². The first kappa shape index (κ1) is 15.5. The van der Waals surface area contributed by atoms with Gasteiger partial charge in [-0.1, -0.05) is 17.7 Å². The topological polar surface area (TPSA) is 39.4 Å². The Morgan fingerprint density at radius 3 is 2.91 bits per heavy atom. The van der Waals surface area contributed by atoms with Gasteiger partial charge < -0.3 is 9.15 Å². The highest BCUT2D eigenvalue weighted by Crippen LogP contribution is 2.35. The van der Waals surface area contributed by atoms with E-state index in [1.165, 1.54) is 6.07 Å². The minimum absolute atomic E-state index is 0.0193. The molecule has 120 valence electrons. The van der Waals surface area contributed by atoms with Crippen LogP contribution in [-0.4, -0.2) is 7.11 Å². The average molecular weight is 314 g/mol. The lowest BCUT2D eigenvalue weighted by atomic mass is 9.86. The van der Waals surface area contributed by atoms with Crippen molar-refractivity contribution in [3.05, 3.63) is 69.0 Å². The highest BCUT2D eigenvalue weighted by atomic mass is 19.1. The van der Waals surface area contributed by atoms with Crippen LogP contribution in [0.15, 0.2) is 50.9 Å². The molecule has 1 aromatic heterocycles. The van der Waals surface area contributed by atoms with E-state index in [9.17, 15) is 9.18 Å². The largest absolute Gasteiger partial charge is 0.501 e. The first-order valence-electron chi connectivity index (χ1n) is 7.64. The van der Waals surface area contributed by atoms with E-state index in [0.717, 1.165) is 11.3 Å². The fourth-order valence-corrected chi connectivity index (χ4v) is 3.05. The zero-order valence-electron chi connectivity index (χ0n) is 13.5. The number of hydrogen-bond acceptors (Lipinski definition) is 3. The van der Waals surface area contributed by atoms with Gasteiger partial charge in [-0.25, -0.2) is 4.39 Å². The van der Waals surface area contributed by atoms with Gasteiger partial charge in [-0.2, -0.15) is 0 Å². The van der Waals surface area contributed by atoms with Gasteiger partial charge in [-0.15, -0.1) is 0 Å². The van der Waals surface area contributed by atoms with Crippen molar-refractivity contribution in [2.45, 2.75) is 32.6 Å². The molecule has 1 unspecified atom stereocenters. The Bertz CT molecular complexity index is 870.